The number of rotatable bonds is 2. The maximum Gasteiger partial charge on any atom is 0.228 e. The van der Waals surface area contributed by atoms with Crippen LogP contribution in [0.15, 0.2) is 40.8 Å². The molecule has 0 aliphatic heterocycles. The fourth-order valence-corrected chi connectivity index (χ4v) is 2.43. The van der Waals surface area contributed by atoms with Crippen LogP contribution < -0.4 is 0 Å². The van der Waals surface area contributed by atoms with Gasteiger partial charge in [-0.2, -0.15) is 0 Å². The summed E-state index contributed by atoms with van der Waals surface area (Å²) in [5, 5.41) is 0.767. The number of carbonyl (C=O) groups excluding carboxylic acids is 1. The highest BCUT2D eigenvalue weighted by molar-refractivity contribution is 6.10. The van der Waals surface area contributed by atoms with E-state index in [4.69, 9.17) is 4.42 Å². The van der Waals surface area contributed by atoms with Crippen molar-refractivity contribution >= 4 is 16.8 Å². The molecular weight excluding hydrogens is 267 g/mol. The molecule has 3 heteroatoms. The van der Waals surface area contributed by atoms with Gasteiger partial charge in [-0.1, -0.05) is 12.1 Å². The average molecular weight is 282 g/mol. The van der Waals surface area contributed by atoms with Crippen molar-refractivity contribution in [2.75, 3.05) is 0 Å². The third-order valence-corrected chi connectivity index (χ3v) is 3.88. The molecule has 0 aliphatic carbocycles. The summed E-state index contributed by atoms with van der Waals surface area (Å²) in [6.45, 7) is 5.78. The van der Waals surface area contributed by atoms with Gasteiger partial charge in [-0.05, 0) is 50.1 Å². The number of carbonyl (C=O) groups is 1. The van der Waals surface area contributed by atoms with Crippen LogP contribution >= 0.6 is 0 Å². The third kappa shape index (κ3) is 2.25. The summed E-state index contributed by atoms with van der Waals surface area (Å²) < 4.78 is 18.8. The lowest BCUT2D eigenvalue weighted by molar-refractivity contribution is 0.101. The minimum Gasteiger partial charge on any atom is -0.452 e. The molecule has 0 aliphatic rings. The van der Waals surface area contributed by atoms with Crippen molar-refractivity contribution in [1.82, 2.24) is 0 Å². The second kappa shape index (κ2) is 4.85. The Kier molecular flexibility index (Phi) is 3.13. The van der Waals surface area contributed by atoms with Crippen molar-refractivity contribution in [2.24, 2.45) is 0 Å². The smallest absolute Gasteiger partial charge is 0.228 e. The van der Waals surface area contributed by atoms with Crippen molar-refractivity contribution in [3.05, 3.63) is 70.2 Å². The van der Waals surface area contributed by atoms with Crippen LogP contribution in [0.5, 0.6) is 0 Å². The number of furan rings is 1. The summed E-state index contributed by atoms with van der Waals surface area (Å²) in [6.07, 6.45) is 0. The fourth-order valence-electron chi connectivity index (χ4n) is 2.43. The Bertz CT molecular complexity index is 859. The van der Waals surface area contributed by atoms with Crippen LogP contribution in [0.1, 0.15) is 32.8 Å². The Hall–Kier alpha value is -2.42. The van der Waals surface area contributed by atoms with Gasteiger partial charge in [0.1, 0.15) is 11.4 Å². The topological polar surface area (TPSA) is 30.2 Å². The van der Waals surface area contributed by atoms with Gasteiger partial charge in [0.05, 0.1) is 0 Å². The molecule has 21 heavy (non-hydrogen) atoms. The van der Waals surface area contributed by atoms with Crippen molar-refractivity contribution in [3.8, 4) is 0 Å². The monoisotopic (exact) mass is 282 g/mol. The first kappa shape index (κ1) is 13.6. The molecule has 1 aromatic heterocycles. The second-order valence-electron chi connectivity index (χ2n) is 5.32. The van der Waals surface area contributed by atoms with Gasteiger partial charge in [0.15, 0.2) is 5.76 Å². The fraction of sp³-hybridized carbons (Fsp3) is 0.167. The zero-order chi connectivity index (χ0) is 15.1. The quantitative estimate of drug-likeness (QED) is 0.636. The molecule has 0 radical (unpaired) electrons. The van der Waals surface area contributed by atoms with Crippen LogP contribution in [-0.4, -0.2) is 5.78 Å². The Balaban J connectivity index is 2.13. The predicted molar refractivity (Wildman–Crippen MR) is 80.3 cm³/mol. The molecule has 2 aromatic carbocycles. The summed E-state index contributed by atoms with van der Waals surface area (Å²) >= 11 is 0. The van der Waals surface area contributed by atoms with Crippen molar-refractivity contribution in [1.29, 1.82) is 0 Å². The zero-order valence-electron chi connectivity index (χ0n) is 12.2. The summed E-state index contributed by atoms with van der Waals surface area (Å²) in [7, 11) is 0. The molecule has 106 valence electrons. The lowest BCUT2D eigenvalue weighted by Crippen LogP contribution is -2.02. The molecule has 1 heterocycles. The number of fused-ring (bicyclic) bond motifs is 1. The minimum absolute atomic E-state index is 0.174. The molecule has 0 bridgehead atoms. The molecule has 0 N–H and O–H groups in total. The highest BCUT2D eigenvalue weighted by atomic mass is 19.1. The number of halogens is 1. The van der Waals surface area contributed by atoms with Crippen molar-refractivity contribution in [2.45, 2.75) is 20.8 Å². The first-order chi connectivity index (χ1) is 9.97. The summed E-state index contributed by atoms with van der Waals surface area (Å²) in [4.78, 5) is 12.6. The minimum atomic E-state index is -0.374. The van der Waals surface area contributed by atoms with Crippen LogP contribution in [0.3, 0.4) is 0 Å². The number of ketones is 1. The van der Waals surface area contributed by atoms with Crippen LogP contribution in [0.25, 0.3) is 11.0 Å². The van der Waals surface area contributed by atoms with E-state index >= 15 is 0 Å². The molecule has 2 nitrogen and oxygen atoms in total. The van der Waals surface area contributed by atoms with Gasteiger partial charge >= 0.3 is 0 Å². The van der Waals surface area contributed by atoms with E-state index in [1.165, 1.54) is 12.1 Å². The third-order valence-electron chi connectivity index (χ3n) is 3.88. The summed E-state index contributed by atoms with van der Waals surface area (Å²) in [6, 6.07) is 9.87. The number of aryl methyl sites for hydroxylation is 3. The first-order valence-corrected chi connectivity index (χ1v) is 6.78. The SMILES string of the molecule is Cc1ccc(C(=O)c2oc3cc(F)ccc3c2C)cc1C. The predicted octanol–water partition coefficient (Wildman–Crippen LogP) is 4.73. The highest BCUT2D eigenvalue weighted by Crippen LogP contribution is 2.28. The zero-order valence-corrected chi connectivity index (χ0v) is 12.2. The standard InChI is InChI=1S/C18H15FO2/c1-10-4-5-13(8-11(10)2)17(20)18-12(3)15-7-6-14(19)9-16(15)21-18/h4-9H,1-3H3. The highest BCUT2D eigenvalue weighted by Gasteiger charge is 2.19. The van der Waals surface area contributed by atoms with Gasteiger partial charge in [0.25, 0.3) is 0 Å². The Labute approximate surface area is 122 Å². The van der Waals surface area contributed by atoms with Gasteiger partial charge in [-0.15, -0.1) is 0 Å². The van der Waals surface area contributed by atoms with Gasteiger partial charge in [0, 0.05) is 22.6 Å². The van der Waals surface area contributed by atoms with E-state index in [-0.39, 0.29) is 17.4 Å². The average Bonchev–Trinajstić information content (AvgIpc) is 2.77. The summed E-state index contributed by atoms with van der Waals surface area (Å²) in [5.74, 6) is -0.271. The maximum absolute atomic E-state index is 13.3. The molecule has 0 unspecified atom stereocenters. The normalized spacial score (nSPS) is 11.0. The lowest BCUT2D eigenvalue weighted by atomic mass is 10.0. The van der Waals surface area contributed by atoms with E-state index < -0.39 is 0 Å². The van der Waals surface area contributed by atoms with E-state index in [9.17, 15) is 9.18 Å². The molecule has 0 spiro atoms. The maximum atomic E-state index is 13.3. The molecule has 0 saturated heterocycles. The van der Waals surface area contributed by atoms with Crippen LogP contribution in [0.2, 0.25) is 0 Å². The number of benzene rings is 2. The van der Waals surface area contributed by atoms with E-state index in [0.717, 1.165) is 22.1 Å². The lowest BCUT2D eigenvalue weighted by Gasteiger charge is -2.03. The van der Waals surface area contributed by atoms with Gasteiger partial charge in [0.2, 0.25) is 5.78 Å². The molecule has 0 fully saturated rings. The Morgan fingerprint density at radius 3 is 2.48 bits per heavy atom. The van der Waals surface area contributed by atoms with Crippen LogP contribution in [0.4, 0.5) is 4.39 Å². The molecule has 0 saturated carbocycles. The van der Waals surface area contributed by atoms with Crippen molar-refractivity contribution < 1.29 is 13.6 Å². The van der Waals surface area contributed by atoms with Crippen LogP contribution in [0, 0.1) is 26.6 Å². The number of hydrogen-bond donors (Lipinski definition) is 0. The largest absolute Gasteiger partial charge is 0.452 e. The van der Waals surface area contributed by atoms with E-state index in [0.29, 0.717) is 11.1 Å². The molecule has 3 aromatic rings. The van der Waals surface area contributed by atoms with E-state index in [1.54, 1.807) is 12.1 Å². The Morgan fingerprint density at radius 2 is 1.76 bits per heavy atom. The van der Waals surface area contributed by atoms with Gasteiger partial charge < -0.3 is 4.42 Å². The molecule has 3 rings (SSSR count). The van der Waals surface area contributed by atoms with Gasteiger partial charge in [-0.25, -0.2) is 4.39 Å². The van der Waals surface area contributed by atoms with Crippen molar-refractivity contribution in [3.63, 3.8) is 0 Å². The number of hydrogen-bond acceptors (Lipinski definition) is 2. The molecule has 0 atom stereocenters. The molecular formula is C18H15FO2. The Morgan fingerprint density at radius 1 is 1.00 bits per heavy atom. The first-order valence-electron chi connectivity index (χ1n) is 6.78. The van der Waals surface area contributed by atoms with Crippen LogP contribution in [-0.2, 0) is 0 Å². The second-order valence-corrected chi connectivity index (χ2v) is 5.32. The molecule has 0 amide bonds. The summed E-state index contributed by atoms with van der Waals surface area (Å²) in [5.41, 5.74) is 3.92. The van der Waals surface area contributed by atoms with E-state index in [1.807, 2.05) is 32.9 Å². The van der Waals surface area contributed by atoms with Gasteiger partial charge in [-0.3, -0.25) is 4.79 Å². The van der Waals surface area contributed by atoms with E-state index in [2.05, 4.69) is 0 Å².